The zero-order valence-electron chi connectivity index (χ0n) is 20.2. The van der Waals surface area contributed by atoms with Crippen molar-refractivity contribution in [3.8, 4) is 5.75 Å². The standard InChI is InChI=1S/C27H33F2N3O3/c1-35-22-7-8-24(29)21(17-22)18-27(11-9-25(33)30-27)12-10-26(34)32-14-4-13-31(15-16-32)19-20-5-2-3-6-23(20)28/h2-3,5-8,17H,4,9-16,18-19H2,1H3,(H,30,33). The average Bonchev–Trinajstić information content (AvgIpc) is 3.06. The maximum absolute atomic E-state index is 14.5. The first-order valence-corrected chi connectivity index (χ1v) is 12.2. The van der Waals surface area contributed by atoms with Crippen molar-refractivity contribution in [2.45, 2.75) is 50.6 Å². The summed E-state index contributed by atoms with van der Waals surface area (Å²) in [5, 5.41) is 3.03. The topological polar surface area (TPSA) is 61.9 Å². The molecule has 8 heteroatoms. The van der Waals surface area contributed by atoms with Crippen LogP contribution in [-0.4, -0.2) is 60.4 Å². The van der Waals surface area contributed by atoms with E-state index in [-0.39, 0.29) is 29.9 Å². The van der Waals surface area contributed by atoms with Crippen molar-refractivity contribution in [3.05, 3.63) is 65.2 Å². The van der Waals surface area contributed by atoms with E-state index >= 15 is 0 Å². The van der Waals surface area contributed by atoms with E-state index in [0.29, 0.717) is 68.7 Å². The molecule has 2 heterocycles. The van der Waals surface area contributed by atoms with Gasteiger partial charge in [-0.05, 0) is 55.5 Å². The monoisotopic (exact) mass is 485 g/mol. The maximum Gasteiger partial charge on any atom is 0.222 e. The highest BCUT2D eigenvalue weighted by Gasteiger charge is 2.39. The number of benzene rings is 2. The number of rotatable bonds is 8. The Morgan fingerprint density at radius 2 is 1.86 bits per heavy atom. The van der Waals surface area contributed by atoms with Crippen LogP contribution in [0, 0.1) is 11.6 Å². The summed E-state index contributed by atoms with van der Waals surface area (Å²) in [7, 11) is 1.53. The fraction of sp³-hybridized carbons (Fsp3) is 0.481. The zero-order chi connectivity index (χ0) is 24.8. The molecule has 0 aromatic heterocycles. The lowest BCUT2D eigenvalue weighted by atomic mass is 9.84. The minimum absolute atomic E-state index is 0.0318. The number of nitrogens with one attached hydrogen (secondary N) is 1. The summed E-state index contributed by atoms with van der Waals surface area (Å²) in [4.78, 5) is 29.2. The van der Waals surface area contributed by atoms with Gasteiger partial charge in [0.2, 0.25) is 11.8 Å². The number of hydrogen-bond donors (Lipinski definition) is 1. The maximum atomic E-state index is 14.5. The molecule has 2 amide bonds. The number of hydrogen-bond acceptors (Lipinski definition) is 4. The highest BCUT2D eigenvalue weighted by atomic mass is 19.1. The first-order chi connectivity index (χ1) is 16.9. The number of methoxy groups -OCH3 is 1. The van der Waals surface area contributed by atoms with E-state index in [1.54, 1.807) is 24.3 Å². The first-order valence-electron chi connectivity index (χ1n) is 12.2. The van der Waals surface area contributed by atoms with E-state index in [9.17, 15) is 18.4 Å². The van der Waals surface area contributed by atoms with Crippen LogP contribution in [0.25, 0.3) is 0 Å². The fourth-order valence-corrected chi connectivity index (χ4v) is 5.11. The van der Waals surface area contributed by atoms with Gasteiger partial charge in [-0.15, -0.1) is 0 Å². The predicted molar refractivity (Wildman–Crippen MR) is 129 cm³/mol. The van der Waals surface area contributed by atoms with Gasteiger partial charge in [0.05, 0.1) is 7.11 Å². The van der Waals surface area contributed by atoms with Crippen molar-refractivity contribution in [3.63, 3.8) is 0 Å². The molecule has 2 aliphatic rings. The Hall–Kier alpha value is -3.00. The summed E-state index contributed by atoms with van der Waals surface area (Å²) >= 11 is 0. The van der Waals surface area contributed by atoms with E-state index in [2.05, 4.69) is 10.2 Å². The molecule has 188 valence electrons. The van der Waals surface area contributed by atoms with E-state index in [0.717, 1.165) is 13.0 Å². The molecule has 2 aromatic carbocycles. The first kappa shape index (κ1) is 25.1. The molecule has 2 aromatic rings. The predicted octanol–water partition coefficient (Wildman–Crippen LogP) is 3.68. The number of halogens is 2. The van der Waals surface area contributed by atoms with Crippen LogP contribution < -0.4 is 10.1 Å². The van der Waals surface area contributed by atoms with Crippen LogP contribution in [0.15, 0.2) is 42.5 Å². The smallest absolute Gasteiger partial charge is 0.222 e. The van der Waals surface area contributed by atoms with Gasteiger partial charge >= 0.3 is 0 Å². The van der Waals surface area contributed by atoms with E-state index < -0.39 is 5.54 Å². The summed E-state index contributed by atoms with van der Waals surface area (Å²) < 4.78 is 33.8. The number of nitrogens with zero attached hydrogens (tertiary/aromatic N) is 2. The van der Waals surface area contributed by atoms with Crippen molar-refractivity contribution in [2.24, 2.45) is 0 Å². The van der Waals surface area contributed by atoms with Gasteiger partial charge in [-0.3, -0.25) is 14.5 Å². The van der Waals surface area contributed by atoms with Crippen LogP contribution in [0.4, 0.5) is 8.78 Å². The van der Waals surface area contributed by atoms with E-state index in [1.165, 1.54) is 19.2 Å². The second-order valence-corrected chi connectivity index (χ2v) is 9.56. The number of carbonyl (C=O) groups excluding carboxylic acids is 2. The molecule has 1 N–H and O–H groups in total. The average molecular weight is 486 g/mol. The van der Waals surface area contributed by atoms with Gasteiger partial charge in [-0.1, -0.05) is 18.2 Å². The molecule has 2 aliphatic heterocycles. The molecule has 2 fully saturated rings. The minimum Gasteiger partial charge on any atom is -0.497 e. The summed E-state index contributed by atoms with van der Waals surface area (Å²) in [5.41, 5.74) is 0.483. The molecule has 0 bridgehead atoms. The Bertz CT molecular complexity index is 1060. The minimum atomic E-state index is -0.650. The Balaban J connectivity index is 1.36. The fourth-order valence-electron chi connectivity index (χ4n) is 5.11. The van der Waals surface area contributed by atoms with Crippen molar-refractivity contribution in [1.82, 2.24) is 15.1 Å². The van der Waals surface area contributed by atoms with E-state index in [1.807, 2.05) is 11.0 Å². The van der Waals surface area contributed by atoms with Crippen LogP contribution >= 0.6 is 0 Å². The summed E-state index contributed by atoms with van der Waals surface area (Å²) in [5.74, 6) is -0.0358. The van der Waals surface area contributed by atoms with Crippen molar-refractivity contribution >= 4 is 11.8 Å². The van der Waals surface area contributed by atoms with Crippen LogP contribution in [0.1, 0.15) is 43.2 Å². The van der Waals surface area contributed by atoms with Gasteiger partial charge in [0, 0.05) is 56.7 Å². The molecule has 6 nitrogen and oxygen atoms in total. The summed E-state index contributed by atoms with van der Waals surface area (Å²) in [6, 6.07) is 11.4. The lowest BCUT2D eigenvalue weighted by Gasteiger charge is -2.31. The van der Waals surface area contributed by atoms with Gasteiger partial charge < -0.3 is 15.0 Å². The summed E-state index contributed by atoms with van der Waals surface area (Å²) in [6.45, 7) is 3.23. The molecule has 0 radical (unpaired) electrons. The molecule has 1 atom stereocenters. The molecule has 0 saturated carbocycles. The quantitative estimate of drug-likeness (QED) is 0.620. The third-order valence-electron chi connectivity index (χ3n) is 7.13. The highest BCUT2D eigenvalue weighted by molar-refractivity contribution is 5.80. The van der Waals surface area contributed by atoms with Gasteiger partial charge in [0.1, 0.15) is 17.4 Å². The van der Waals surface area contributed by atoms with E-state index in [4.69, 9.17) is 4.74 Å². The van der Waals surface area contributed by atoms with Crippen LogP contribution in [0.5, 0.6) is 5.75 Å². The number of amides is 2. The number of carbonyl (C=O) groups is 2. The van der Waals surface area contributed by atoms with Crippen molar-refractivity contribution < 1.29 is 23.1 Å². The lowest BCUT2D eigenvalue weighted by Crippen LogP contribution is -2.45. The molecular weight excluding hydrogens is 452 g/mol. The van der Waals surface area contributed by atoms with Crippen molar-refractivity contribution in [2.75, 3.05) is 33.3 Å². The third kappa shape index (κ3) is 6.36. The largest absolute Gasteiger partial charge is 0.497 e. The normalized spacial score (nSPS) is 21.0. The van der Waals surface area contributed by atoms with Crippen LogP contribution in [-0.2, 0) is 22.6 Å². The Kier molecular flexibility index (Phi) is 8.00. The Morgan fingerprint density at radius 3 is 2.60 bits per heavy atom. The molecule has 0 aliphatic carbocycles. The SMILES string of the molecule is COc1ccc(F)c(CC2(CCC(=O)N3CCCN(Cc4ccccc4F)CC3)CCC(=O)N2)c1. The van der Waals surface area contributed by atoms with Gasteiger partial charge in [-0.2, -0.15) is 0 Å². The molecule has 4 rings (SSSR count). The van der Waals surface area contributed by atoms with Gasteiger partial charge in [0.15, 0.2) is 0 Å². The summed E-state index contributed by atoms with van der Waals surface area (Å²) in [6.07, 6.45) is 2.78. The Labute approximate surface area is 205 Å². The molecule has 0 spiro atoms. The highest BCUT2D eigenvalue weighted by Crippen LogP contribution is 2.32. The zero-order valence-corrected chi connectivity index (χ0v) is 20.2. The molecule has 35 heavy (non-hydrogen) atoms. The molecular formula is C27H33F2N3O3. The van der Waals surface area contributed by atoms with Crippen molar-refractivity contribution in [1.29, 1.82) is 0 Å². The second-order valence-electron chi connectivity index (χ2n) is 9.56. The van der Waals surface area contributed by atoms with Crippen LogP contribution in [0.2, 0.25) is 0 Å². The second kappa shape index (κ2) is 11.2. The number of ether oxygens (including phenoxy) is 1. The lowest BCUT2D eigenvalue weighted by molar-refractivity contribution is -0.131. The molecule has 2 saturated heterocycles. The van der Waals surface area contributed by atoms with Crippen LogP contribution in [0.3, 0.4) is 0 Å². The van der Waals surface area contributed by atoms with Gasteiger partial charge in [-0.25, -0.2) is 8.78 Å². The van der Waals surface area contributed by atoms with Gasteiger partial charge in [0.25, 0.3) is 0 Å². The molecule has 1 unspecified atom stereocenters. The third-order valence-corrected chi connectivity index (χ3v) is 7.13. The Morgan fingerprint density at radius 1 is 1.06 bits per heavy atom.